The minimum atomic E-state index is 0.0104. The number of allylic oxidation sites excluding steroid dienone is 2. The number of amides is 2. The maximum atomic E-state index is 12.5. The lowest BCUT2D eigenvalue weighted by Crippen LogP contribution is -2.58. The van der Waals surface area contributed by atoms with Gasteiger partial charge >= 0.3 is 6.03 Å². The van der Waals surface area contributed by atoms with E-state index in [-0.39, 0.29) is 12.1 Å². The summed E-state index contributed by atoms with van der Waals surface area (Å²) in [4.78, 5) is 16.8. The third-order valence-electron chi connectivity index (χ3n) is 5.77. The monoisotopic (exact) mass is 357 g/mol. The Bertz CT molecular complexity index is 595. The van der Waals surface area contributed by atoms with Crippen molar-refractivity contribution in [1.82, 2.24) is 15.1 Å². The molecule has 1 heterocycles. The molecule has 1 saturated carbocycles. The third-order valence-corrected chi connectivity index (χ3v) is 5.77. The first kappa shape index (κ1) is 20.3. The summed E-state index contributed by atoms with van der Waals surface area (Å²) in [5.74, 6) is 0.401. The molecule has 2 aliphatic rings. The predicted molar refractivity (Wildman–Crippen MR) is 101 cm³/mol. The van der Waals surface area contributed by atoms with Gasteiger partial charge in [0.05, 0.1) is 0 Å². The lowest BCUT2D eigenvalue weighted by molar-refractivity contribution is 0.0538. The zero-order valence-corrected chi connectivity index (χ0v) is 16.3. The van der Waals surface area contributed by atoms with Crippen molar-refractivity contribution in [3.8, 4) is 12.1 Å². The Morgan fingerprint density at radius 1 is 1.27 bits per heavy atom. The minimum absolute atomic E-state index is 0.0104. The number of rotatable bonds is 5. The van der Waals surface area contributed by atoms with Gasteiger partial charge in [-0.1, -0.05) is 6.92 Å². The summed E-state index contributed by atoms with van der Waals surface area (Å²) in [5, 5.41) is 21.6. The van der Waals surface area contributed by atoms with Crippen LogP contribution in [0.15, 0.2) is 11.1 Å². The number of nitrogens with zero attached hydrogens (tertiary/aromatic N) is 4. The molecule has 0 unspecified atom stereocenters. The summed E-state index contributed by atoms with van der Waals surface area (Å²) in [6.07, 6.45) is 4.66. The number of fused-ring (bicyclic) bond motifs is 1. The standard InChI is InChI=1S/C20H31N5O/c1-4-9-25-14-18(23-20(26)24(5-2)6-3)11-16-10-15(7-8-19(16)25)17(12-21)13-22/h16,18-19H,4-11,14H2,1-3H3,(H,23,26)/t16-,18-,19+/m0/s1. The maximum Gasteiger partial charge on any atom is 0.317 e. The van der Waals surface area contributed by atoms with Crippen LogP contribution in [0.4, 0.5) is 4.79 Å². The van der Waals surface area contributed by atoms with E-state index in [0.717, 1.165) is 50.8 Å². The van der Waals surface area contributed by atoms with Crippen molar-refractivity contribution in [3.63, 3.8) is 0 Å². The van der Waals surface area contributed by atoms with Gasteiger partial charge in [-0.15, -0.1) is 0 Å². The van der Waals surface area contributed by atoms with E-state index >= 15 is 0 Å². The molecule has 0 bridgehead atoms. The molecule has 2 fully saturated rings. The Labute approximate surface area is 157 Å². The van der Waals surface area contributed by atoms with Gasteiger partial charge in [0.15, 0.2) is 0 Å². The summed E-state index contributed by atoms with van der Waals surface area (Å²) in [6, 6.07) is 4.75. The van der Waals surface area contributed by atoms with Gasteiger partial charge in [-0.05, 0) is 64.0 Å². The third kappa shape index (κ3) is 4.56. The highest BCUT2D eigenvalue weighted by Crippen LogP contribution is 2.39. The van der Waals surface area contributed by atoms with E-state index in [1.54, 1.807) is 0 Å². The summed E-state index contributed by atoms with van der Waals surface area (Å²) in [5.41, 5.74) is 1.29. The molecule has 0 aromatic rings. The molecule has 0 aromatic carbocycles. The van der Waals surface area contributed by atoms with Crippen LogP contribution in [0.25, 0.3) is 0 Å². The summed E-state index contributed by atoms with van der Waals surface area (Å²) in [7, 11) is 0. The average Bonchev–Trinajstić information content (AvgIpc) is 2.63. The van der Waals surface area contributed by atoms with E-state index in [0.29, 0.717) is 30.6 Å². The highest BCUT2D eigenvalue weighted by molar-refractivity contribution is 5.74. The molecule has 1 saturated heterocycles. The van der Waals surface area contributed by atoms with Crippen molar-refractivity contribution < 1.29 is 4.79 Å². The van der Waals surface area contributed by atoms with Crippen LogP contribution in [0, 0.1) is 28.6 Å². The lowest BCUT2D eigenvalue weighted by Gasteiger charge is -2.48. The molecular formula is C20H31N5O. The van der Waals surface area contributed by atoms with Gasteiger partial charge in [-0.2, -0.15) is 10.5 Å². The maximum absolute atomic E-state index is 12.5. The smallest absolute Gasteiger partial charge is 0.317 e. The number of hydrogen-bond acceptors (Lipinski definition) is 4. The van der Waals surface area contributed by atoms with Gasteiger partial charge in [0.25, 0.3) is 0 Å². The Balaban J connectivity index is 2.13. The largest absolute Gasteiger partial charge is 0.334 e. The molecule has 2 rings (SSSR count). The van der Waals surface area contributed by atoms with Crippen molar-refractivity contribution >= 4 is 6.03 Å². The van der Waals surface area contributed by atoms with Crippen LogP contribution in [0.1, 0.15) is 52.9 Å². The second kappa shape index (κ2) is 9.59. The highest BCUT2D eigenvalue weighted by Gasteiger charge is 2.39. The quantitative estimate of drug-likeness (QED) is 0.767. The van der Waals surface area contributed by atoms with E-state index in [1.165, 1.54) is 0 Å². The van der Waals surface area contributed by atoms with Crippen molar-refractivity contribution in [2.75, 3.05) is 26.2 Å². The van der Waals surface area contributed by atoms with Crippen molar-refractivity contribution in [2.45, 2.75) is 65.0 Å². The number of carbonyl (C=O) groups is 1. The number of nitriles is 2. The fourth-order valence-electron chi connectivity index (χ4n) is 4.53. The predicted octanol–water partition coefficient (Wildman–Crippen LogP) is 3.03. The van der Waals surface area contributed by atoms with E-state index in [2.05, 4.69) is 29.3 Å². The topological polar surface area (TPSA) is 83.2 Å². The Morgan fingerprint density at radius 2 is 1.96 bits per heavy atom. The van der Waals surface area contributed by atoms with E-state index < -0.39 is 0 Å². The van der Waals surface area contributed by atoms with Crippen molar-refractivity contribution in [2.24, 2.45) is 5.92 Å². The first-order valence-corrected chi connectivity index (χ1v) is 9.89. The zero-order valence-electron chi connectivity index (χ0n) is 16.3. The molecule has 1 aliphatic carbocycles. The second-order valence-electron chi connectivity index (χ2n) is 7.32. The molecule has 6 heteroatoms. The highest BCUT2D eigenvalue weighted by atomic mass is 16.2. The van der Waals surface area contributed by atoms with Crippen molar-refractivity contribution in [3.05, 3.63) is 11.1 Å². The number of urea groups is 1. The molecule has 0 spiro atoms. The first-order valence-electron chi connectivity index (χ1n) is 9.89. The molecule has 1 N–H and O–H groups in total. The first-order chi connectivity index (χ1) is 12.6. The minimum Gasteiger partial charge on any atom is -0.334 e. The molecule has 1 aliphatic heterocycles. The van der Waals surface area contributed by atoms with E-state index in [1.807, 2.05) is 18.7 Å². The van der Waals surface area contributed by atoms with Crippen LogP contribution in [0.5, 0.6) is 0 Å². The molecule has 26 heavy (non-hydrogen) atoms. The normalized spacial score (nSPS) is 25.6. The molecule has 0 aromatic heterocycles. The molecule has 2 amide bonds. The van der Waals surface area contributed by atoms with Crippen LogP contribution in [0.2, 0.25) is 0 Å². The van der Waals surface area contributed by atoms with Crippen LogP contribution in [0.3, 0.4) is 0 Å². The lowest BCUT2D eigenvalue weighted by atomic mass is 9.73. The molecular weight excluding hydrogens is 326 g/mol. The van der Waals surface area contributed by atoms with Crippen LogP contribution in [-0.2, 0) is 0 Å². The van der Waals surface area contributed by atoms with Crippen LogP contribution in [-0.4, -0.2) is 54.1 Å². The molecule has 3 atom stereocenters. The average molecular weight is 358 g/mol. The Morgan fingerprint density at radius 3 is 2.54 bits per heavy atom. The zero-order chi connectivity index (χ0) is 19.1. The number of carbonyl (C=O) groups excluding carboxylic acids is 1. The fraction of sp³-hybridized carbons (Fsp3) is 0.750. The van der Waals surface area contributed by atoms with E-state index in [9.17, 15) is 15.3 Å². The van der Waals surface area contributed by atoms with Gasteiger partial charge in [0.2, 0.25) is 0 Å². The summed E-state index contributed by atoms with van der Waals surface area (Å²) >= 11 is 0. The van der Waals surface area contributed by atoms with Gasteiger partial charge in [-0.25, -0.2) is 4.79 Å². The second-order valence-corrected chi connectivity index (χ2v) is 7.32. The number of hydrogen-bond donors (Lipinski definition) is 1. The van der Waals surface area contributed by atoms with Gasteiger partial charge in [0, 0.05) is 31.7 Å². The number of likely N-dealkylation sites (tertiary alicyclic amines) is 1. The Hall–Kier alpha value is -2.05. The fourth-order valence-corrected chi connectivity index (χ4v) is 4.53. The van der Waals surface area contributed by atoms with E-state index in [4.69, 9.17) is 0 Å². The van der Waals surface area contributed by atoms with Crippen LogP contribution < -0.4 is 5.32 Å². The number of nitrogens with one attached hydrogen (secondary N) is 1. The van der Waals surface area contributed by atoms with Crippen molar-refractivity contribution in [1.29, 1.82) is 10.5 Å². The summed E-state index contributed by atoms with van der Waals surface area (Å²) in [6.45, 7) is 9.51. The van der Waals surface area contributed by atoms with Crippen LogP contribution >= 0.6 is 0 Å². The van der Waals surface area contributed by atoms with Gasteiger partial charge in [-0.3, -0.25) is 4.90 Å². The molecule has 6 nitrogen and oxygen atoms in total. The number of piperidine rings is 1. The molecule has 142 valence electrons. The SMILES string of the molecule is CCCN1C[C@@H](NC(=O)N(CC)CC)C[C@@H]2CC(=C(C#N)C#N)CC[C@H]21. The summed E-state index contributed by atoms with van der Waals surface area (Å²) < 4.78 is 0. The van der Waals surface area contributed by atoms with Gasteiger partial charge in [0.1, 0.15) is 17.7 Å². The van der Waals surface area contributed by atoms with Gasteiger partial charge < -0.3 is 10.2 Å². The molecule has 0 radical (unpaired) electrons. The Kier molecular flexibility index (Phi) is 7.48.